The van der Waals surface area contributed by atoms with Crippen LogP contribution in [0.15, 0.2) is 42.5 Å². The molecule has 0 aliphatic rings. The predicted octanol–water partition coefficient (Wildman–Crippen LogP) is 4.41. The Morgan fingerprint density at radius 3 is 2.29 bits per heavy atom. The van der Waals surface area contributed by atoms with Crippen LogP contribution in [-0.4, -0.2) is 13.0 Å². The summed E-state index contributed by atoms with van der Waals surface area (Å²) in [5.41, 5.74) is 4.63. The van der Waals surface area contributed by atoms with Gasteiger partial charge in [0.1, 0.15) is 0 Å². The van der Waals surface area contributed by atoms with Gasteiger partial charge in [0.25, 0.3) is 5.91 Å². The molecule has 0 saturated carbocycles. The highest BCUT2D eigenvalue weighted by atomic mass is 16.1. The fraction of sp³-hybridized carbons (Fsp3) is 0.278. The van der Waals surface area contributed by atoms with Gasteiger partial charge < -0.3 is 10.6 Å². The summed E-state index contributed by atoms with van der Waals surface area (Å²) < 4.78 is 0. The van der Waals surface area contributed by atoms with Gasteiger partial charge in [-0.15, -0.1) is 0 Å². The molecule has 0 atom stereocenters. The summed E-state index contributed by atoms with van der Waals surface area (Å²) in [6.45, 7) is 6.28. The maximum Gasteiger partial charge on any atom is 0.257 e. The van der Waals surface area contributed by atoms with E-state index in [0.29, 0.717) is 11.5 Å². The quantitative estimate of drug-likeness (QED) is 0.872. The molecule has 110 valence electrons. The van der Waals surface area contributed by atoms with Crippen LogP contribution in [0.1, 0.15) is 41.3 Å². The van der Waals surface area contributed by atoms with E-state index in [-0.39, 0.29) is 5.91 Å². The van der Waals surface area contributed by atoms with Crippen LogP contribution in [0, 0.1) is 6.92 Å². The minimum Gasteiger partial charge on any atom is -0.387 e. The van der Waals surface area contributed by atoms with Crippen molar-refractivity contribution < 1.29 is 4.79 Å². The lowest BCUT2D eigenvalue weighted by Gasteiger charge is -2.12. The van der Waals surface area contributed by atoms with Crippen LogP contribution in [-0.2, 0) is 0 Å². The summed E-state index contributed by atoms with van der Waals surface area (Å²) in [6, 6.07) is 13.8. The molecular weight excluding hydrogens is 260 g/mol. The van der Waals surface area contributed by atoms with Crippen molar-refractivity contribution >= 4 is 17.3 Å². The van der Waals surface area contributed by atoms with Crippen molar-refractivity contribution in [3.8, 4) is 0 Å². The molecule has 0 aliphatic heterocycles. The number of aryl methyl sites for hydroxylation is 1. The van der Waals surface area contributed by atoms with Gasteiger partial charge in [-0.05, 0) is 42.7 Å². The molecule has 0 aliphatic carbocycles. The Labute approximate surface area is 126 Å². The van der Waals surface area contributed by atoms with Crippen molar-refractivity contribution in [1.82, 2.24) is 0 Å². The average Bonchev–Trinajstić information content (AvgIpc) is 2.47. The van der Waals surface area contributed by atoms with Gasteiger partial charge in [-0.1, -0.05) is 37.6 Å². The average molecular weight is 282 g/mol. The zero-order valence-electron chi connectivity index (χ0n) is 13.0. The summed E-state index contributed by atoms with van der Waals surface area (Å²) in [6.07, 6.45) is 0. The SMILES string of the molecule is CNc1ccc(C)cc1C(=O)Nc1ccc(C(C)C)cc1. The van der Waals surface area contributed by atoms with Gasteiger partial charge in [-0.3, -0.25) is 4.79 Å². The van der Waals surface area contributed by atoms with Gasteiger partial charge in [-0.25, -0.2) is 0 Å². The lowest BCUT2D eigenvalue weighted by Crippen LogP contribution is -2.14. The second-order valence-corrected chi connectivity index (χ2v) is 5.53. The summed E-state index contributed by atoms with van der Waals surface area (Å²) >= 11 is 0. The Morgan fingerprint density at radius 1 is 1.05 bits per heavy atom. The van der Waals surface area contributed by atoms with E-state index in [4.69, 9.17) is 0 Å². The Balaban J connectivity index is 2.19. The molecule has 2 aromatic rings. The third-order valence-corrected chi connectivity index (χ3v) is 3.52. The fourth-order valence-corrected chi connectivity index (χ4v) is 2.21. The van der Waals surface area contributed by atoms with Crippen LogP contribution >= 0.6 is 0 Å². The van der Waals surface area contributed by atoms with Crippen molar-refractivity contribution in [3.05, 3.63) is 59.2 Å². The molecule has 21 heavy (non-hydrogen) atoms. The van der Waals surface area contributed by atoms with Crippen molar-refractivity contribution in [3.63, 3.8) is 0 Å². The smallest absolute Gasteiger partial charge is 0.257 e. The van der Waals surface area contributed by atoms with Crippen LogP contribution in [0.25, 0.3) is 0 Å². The molecule has 0 saturated heterocycles. The molecule has 0 heterocycles. The zero-order valence-corrected chi connectivity index (χ0v) is 13.0. The highest BCUT2D eigenvalue weighted by Crippen LogP contribution is 2.20. The summed E-state index contributed by atoms with van der Waals surface area (Å²) in [4.78, 5) is 12.4. The number of anilines is 2. The van der Waals surface area contributed by atoms with E-state index >= 15 is 0 Å². The van der Waals surface area contributed by atoms with Gasteiger partial charge in [0.05, 0.1) is 5.56 Å². The lowest BCUT2D eigenvalue weighted by molar-refractivity contribution is 0.102. The molecule has 1 amide bonds. The zero-order chi connectivity index (χ0) is 15.4. The van der Waals surface area contributed by atoms with Crippen LogP contribution in [0.4, 0.5) is 11.4 Å². The van der Waals surface area contributed by atoms with E-state index in [1.807, 2.05) is 44.3 Å². The minimum absolute atomic E-state index is 0.0969. The van der Waals surface area contributed by atoms with E-state index < -0.39 is 0 Å². The van der Waals surface area contributed by atoms with E-state index in [1.54, 1.807) is 0 Å². The van der Waals surface area contributed by atoms with Crippen molar-refractivity contribution in [1.29, 1.82) is 0 Å². The first kappa shape index (κ1) is 15.1. The number of hydrogen-bond donors (Lipinski definition) is 2. The van der Waals surface area contributed by atoms with Crippen LogP contribution < -0.4 is 10.6 Å². The van der Waals surface area contributed by atoms with Crippen molar-refractivity contribution in [2.75, 3.05) is 17.7 Å². The summed E-state index contributed by atoms with van der Waals surface area (Å²) in [5.74, 6) is 0.391. The Hall–Kier alpha value is -2.29. The first-order valence-corrected chi connectivity index (χ1v) is 7.21. The molecular formula is C18H22N2O. The van der Waals surface area contributed by atoms with Crippen molar-refractivity contribution in [2.45, 2.75) is 26.7 Å². The Kier molecular flexibility index (Phi) is 4.63. The van der Waals surface area contributed by atoms with E-state index in [1.165, 1.54) is 5.56 Å². The van der Waals surface area contributed by atoms with Gasteiger partial charge in [0.2, 0.25) is 0 Å². The van der Waals surface area contributed by atoms with Crippen LogP contribution in [0.2, 0.25) is 0 Å². The number of hydrogen-bond acceptors (Lipinski definition) is 2. The molecule has 2 rings (SSSR count). The Bertz CT molecular complexity index is 630. The fourth-order valence-electron chi connectivity index (χ4n) is 2.21. The molecule has 0 aromatic heterocycles. The van der Waals surface area contributed by atoms with Crippen molar-refractivity contribution in [2.24, 2.45) is 0 Å². The predicted molar refractivity (Wildman–Crippen MR) is 89.2 cm³/mol. The normalized spacial score (nSPS) is 10.5. The van der Waals surface area contributed by atoms with Gasteiger partial charge in [-0.2, -0.15) is 0 Å². The first-order chi connectivity index (χ1) is 10.0. The second kappa shape index (κ2) is 6.44. The van der Waals surface area contributed by atoms with Gasteiger partial charge in [0.15, 0.2) is 0 Å². The minimum atomic E-state index is -0.0969. The maximum atomic E-state index is 12.4. The van der Waals surface area contributed by atoms with Gasteiger partial charge >= 0.3 is 0 Å². The topological polar surface area (TPSA) is 41.1 Å². The molecule has 3 heteroatoms. The van der Waals surface area contributed by atoms with Gasteiger partial charge in [0, 0.05) is 18.4 Å². The van der Waals surface area contributed by atoms with E-state index in [0.717, 1.165) is 16.9 Å². The largest absolute Gasteiger partial charge is 0.387 e. The molecule has 2 N–H and O–H groups in total. The van der Waals surface area contributed by atoms with Crippen LogP contribution in [0.3, 0.4) is 0 Å². The van der Waals surface area contributed by atoms with E-state index in [9.17, 15) is 4.79 Å². The number of carbonyl (C=O) groups excluding carboxylic acids is 1. The lowest BCUT2D eigenvalue weighted by atomic mass is 10.0. The highest BCUT2D eigenvalue weighted by molar-refractivity contribution is 6.08. The Morgan fingerprint density at radius 2 is 1.71 bits per heavy atom. The number of nitrogens with one attached hydrogen (secondary N) is 2. The standard InChI is InChI=1S/C18H22N2O/c1-12(2)14-6-8-15(9-7-14)20-18(21)16-11-13(3)5-10-17(16)19-4/h5-12,19H,1-4H3,(H,20,21). The number of carbonyl (C=O) groups is 1. The van der Waals surface area contributed by atoms with E-state index in [2.05, 4.69) is 36.6 Å². The molecule has 0 fully saturated rings. The molecule has 0 radical (unpaired) electrons. The third-order valence-electron chi connectivity index (χ3n) is 3.52. The summed E-state index contributed by atoms with van der Waals surface area (Å²) in [7, 11) is 1.82. The molecule has 3 nitrogen and oxygen atoms in total. The molecule has 0 unspecified atom stereocenters. The summed E-state index contributed by atoms with van der Waals surface area (Å²) in [5, 5.41) is 6.00. The first-order valence-electron chi connectivity index (χ1n) is 7.21. The van der Waals surface area contributed by atoms with Crippen LogP contribution in [0.5, 0.6) is 0 Å². The molecule has 0 bridgehead atoms. The number of amides is 1. The third kappa shape index (κ3) is 3.63. The molecule has 2 aromatic carbocycles. The number of benzene rings is 2. The molecule has 0 spiro atoms. The second-order valence-electron chi connectivity index (χ2n) is 5.53. The maximum absolute atomic E-state index is 12.4. The monoisotopic (exact) mass is 282 g/mol. The number of rotatable bonds is 4. The highest BCUT2D eigenvalue weighted by Gasteiger charge is 2.11.